The van der Waals surface area contributed by atoms with E-state index in [1.807, 2.05) is 17.9 Å². The van der Waals surface area contributed by atoms with Gasteiger partial charge in [0, 0.05) is 46.1 Å². The highest BCUT2D eigenvalue weighted by Gasteiger charge is 2.16. The fourth-order valence-electron chi connectivity index (χ4n) is 2.69. The molecule has 1 aromatic rings. The average Bonchev–Trinajstić information content (AvgIpc) is 3.22. The number of carbonyl (C=O) groups excluding carboxylic acids is 1. The van der Waals surface area contributed by atoms with Crippen LogP contribution in [0.1, 0.15) is 31.0 Å². The number of nitrogens with zero attached hydrogens (tertiary/aromatic N) is 4. The first-order valence-electron chi connectivity index (χ1n) is 8.85. The smallest absolute Gasteiger partial charge is 0.241 e. The Bertz CT molecular complexity index is 590. The van der Waals surface area contributed by atoms with Crippen molar-refractivity contribution in [2.45, 2.75) is 38.8 Å². The summed E-state index contributed by atoms with van der Waals surface area (Å²) in [4.78, 5) is 18.0. The number of guanidine groups is 1. The number of amides is 1. The van der Waals surface area contributed by atoms with Crippen LogP contribution in [-0.4, -0.2) is 66.4 Å². The van der Waals surface area contributed by atoms with Crippen molar-refractivity contribution in [1.82, 2.24) is 25.3 Å². The molecule has 0 aliphatic carbocycles. The maximum absolute atomic E-state index is 11.8. The molecule has 2 rings (SSSR count). The molecule has 0 saturated carbocycles. The van der Waals surface area contributed by atoms with Crippen LogP contribution in [0, 0.1) is 0 Å². The molecule has 1 aliphatic heterocycles. The summed E-state index contributed by atoms with van der Waals surface area (Å²) < 4.78 is 7.45. The highest BCUT2D eigenvalue weighted by Crippen LogP contribution is 2.11. The Kier molecular flexibility index (Phi) is 7.24. The van der Waals surface area contributed by atoms with Crippen molar-refractivity contribution in [3.05, 3.63) is 17.5 Å². The number of likely N-dealkylation sites (N-methyl/N-ethyl adjacent to an activating group) is 1. The Balaban J connectivity index is 1.98. The first kappa shape index (κ1) is 19.2. The van der Waals surface area contributed by atoms with Crippen molar-refractivity contribution in [2.24, 2.45) is 12.0 Å². The van der Waals surface area contributed by atoms with Crippen LogP contribution in [0.5, 0.6) is 0 Å². The van der Waals surface area contributed by atoms with Gasteiger partial charge < -0.3 is 20.3 Å². The highest BCUT2D eigenvalue weighted by atomic mass is 16.5. The lowest BCUT2D eigenvalue weighted by atomic mass is 10.2. The molecule has 25 heavy (non-hydrogen) atoms. The van der Waals surface area contributed by atoms with Crippen molar-refractivity contribution < 1.29 is 9.53 Å². The molecule has 2 N–H and O–H groups in total. The molecule has 0 spiro atoms. The quantitative estimate of drug-likeness (QED) is 0.545. The minimum absolute atomic E-state index is 0.00208. The van der Waals surface area contributed by atoms with Crippen LogP contribution in [0.15, 0.2) is 11.2 Å². The lowest BCUT2D eigenvalue weighted by Crippen LogP contribution is -2.45. The molecule has 2 heterocycles. The van der Waals surface area contributed by atoms with E-state index in [-0.39, 0.29) is 18.6 Å². The van der Waals surface area contributed by atoms with E-state index in [2.05, 4.69) is 27.6 Å². The Morgan fingerprint density at radius 3 is 2.92 bits per heavy atom. The van der Waals surface area contributed by atoms with Gasteiger partial charge in [-0.1, -0.05) is 6.92 Å². The van der Waals surface area contributed by atoms with Crippen LogP contribution < -0.4 is 10.6 Å². The summed E-state index contributed by atoms with van der Waals surface area (Å²) in [5.74, 6) is 0.624. The van der Waals surface area contributed by atoms with Crippen molar-refractivity contribution in [1.29, 1.82) is 0 Å². The molecule has 1 amide bonds. The number of aromatic nitrogens is 2. The number of aryl methyl sites for hydroxylation is 2. The minimum atomic E-state index is 0.00208. The molecular formula is C17H30N6O2. The van der Waals surface area contributed by atoms with E-state index in [1.165, 1.54) is 0 Å². The van der Waals surface area contributed by atoms with Crippen LogP contribution in [0.25, 0.3) is 0 Å². The number of hydrogen-bond acceptors (Lipinski definition) is 4. The van der Waals surface area contributed by atoms with Crippen LogP contribution in [0.3, 0.4) is 0 Å². The van der Waals surface area contributed by atoms with Crippen LogP contribution in [0.4, 0.5) is 0 Å². The highest BCUT2D eigenvalue weighted by molar-refractivity contribution is 5.86. The second-order valence-electron chi connectivity index (χ2n) is 6.45. The Hall–Kier alpha value is -2.09. The third-order valence-corrected chi connectivity index (χ3v) is 4.16. The maximum atomic E-state index is 11.8. The normalized spacial score (nSPS) is 17.6. The molecule has 1 atom stereocenters. The third-order valence-electron chi connectivity index (χ3n) is 4.16. The van der Waals surface area contributed by atoms with Crippen molar-refractivity contribution >= 4 is 11.9 Å². The van der Waals surface area contributed by atoms with E-state index >= 15 is 0 Å². The lowest BCUT2D eigenvalue weighted by molar-refractivity contribution is -0.127. The molecule has 0 bridgehead atoms. The van der Waals surface area contributed by atoms with Gasteiger partial charge in [0.15, 0.2) is 5.96 Å². The predicted octanol–water partition coefficient (Wildman–Crippen LogP) is 0.285. The summed E-state index contributed by atoms with van der Waals surface area (Å²) >= 11 is 0. The summed E-state index contributed by atoms with van der Waals surface area (Å²) in [5.41, 5.74) is 2.15. The van der Waals surface area contributed by atoms with E-state index in [1.54, 1.807) is 19.0 Å². The molecule has 1 unspecified atom stereocenters. The van der Waals surface area contributed by atoms with Gasteiger partial charge in [-0.05, 0) is 19.3 Å². The SMILES string of the molecule is CCc1nn(C)cc1CN=C(NCC(=O)N(C)C)NCC1CCCO1. The molecule has 1 aromatic heterocycles. The van der Waals surface area contributed by atoms with E-state index in [0.717, 1.165) is 37.1 Å². The van der Waals surface area contributed by atoms with Crippen molar-refractivity contribution in [3.8, 4) is 0 Å². The number of aliphatic imine (C=N–C) groups is 1. The standard InChI is InChI=1S/C17H30N6O2/c1-5-15-13(12-23(4)21-15)9-18-17(20-11-16(24)22(2)3)19-10-14-7-6-8-25-14/h12,14H,5-11H2,1-4H3,(H2,18,19,20). The Labute approximate surface area is 149 Å². The Morgan fingerprint density at radius 2 is 2.28 bits per heavy atom. The molecule has 8 nitrogen and oxygen atoms in total. The fourth-order valence-corrected chi connectivity index (χ4v) is 2.69. The predicted molar refractivity (Wildman–Crippen MR) is 97.4 cm³/mol. The van der Waals surface area contributed by atoms with Crippen LogP contribution in [0.2, 0.25) is 0 Å². The Morgan fingerprint density at radius 1 is 1.48 bits per heavy atom. The zero-order chi connectivity index (χ0) is 18.2. The molecular weight excluding hydrogens is 320 g/mol. The van der Waals surface area contributed by atoms with E-state index in [9.17, 15) is 4.79 Å². The second kappa shape index (κ2) is 9.41. The number of carbonyl (C=O) groups is 1. The van der Waals surface area contributed by atoms with Crippen LogP contribution in [-0.2, 0) is 29.5 Å². The number of rotatable bonds is 7. The summed E-state index contributed by atoms with van der Waals surface area (Å²) in [7, 11) is 5.39. The third kappa shape index (κ3) is 6.04. The molecule has 8 heteroatoms. The average molecular weight is 350 g/mol. The van der Waals surface area contributed by atoms with Gasteiger partial charge in [-0.25, -0.2) is 4.99 Å². The zero-order valence-electron chi connectivity index (χ0n) is 15.7. The monoisotopic (exact) mass is 350 g/mol. The summed E-state index contributed by atoms with van der Waals surface area (Å²) in [5, 5.41) is 10.8. The van der Waals surface area contributed by atoms with Gasteiger partial charge >= 0.3 is 0 Å². The minimum Gasteiger partial charge on any atom is -0.376 e. The van der Waals surface area contributed by atoms with E-state index < -0.39 is 0 Å². The second-order valence-corrected chi connectivity index (χ2v) is 6.45. The number of hydrogen-bond donors (Lipinski definition) is 2. The zero-order valence-corrected chi connectivity index (χ0v) is 15.7. The number of nitrogens with one attached hydrogen (secondary N) is 2. The topological polar surface area (TPSA) is 83.8 Å². The van der Waals surface area contributed by atoms with Crippen molar-refractivity contribution in [3.63, 3.8) is 0 Å². The molecule has 1 fully saturated rings. The largest absolute Gasteiger partial charge is 0.376 e. The first-order chi connectivity index (χ1) is 12.0. The van der Waals surface area contributed by atoms with Gasteiger partial charge in [0.1, 0.15) is 0 Å². The summed E-state index contributed by atoms with van der Waals surface area (Å²) in [6.07, 6.45) is 5.23. The van der Waals surface area contributed by atoms with Gasteiger partial charge in [0.2, 0.25) is 5.91 Å². The molecule has 0 radical (unpaired) electrons. The lowest BCUT2D eigenvalue weighted by Gasteiger charge is -2.17. The van der Waals surface area contributed by atoms with Gasteiger partial charge in [0.25, 0.3) is 0 Å². The van der Waals surface area contributed by atoms with Gasteiger partial charge in [-0.3, -0.25) is 9.48 Å². The molecule has 1 saturated heterocycles. The van der Waals surface area contributed by atoms with Gasteiger partial charge in [-0.15, -0.1) is 0 Å². The molecule has 140 valence electrons. The van der Waals surface area contributed by atoms with Gasteiger partial charge in [0.05, 0.1) is 24.9 Å². The van der Waals surface area contributed by atoms with E-state index in [4.69, 9.17) is 4.74 Å². The fraction of sp³-hybridized carbons (Fsp3) is 0.706. The molecule has 1 aliphatic rings. The summed E-state index contributed by atoms with van der Waals surface area (Å²) in [6.45, 7) is 4.32. The molecule has 0 aromatic carbocycles. The van der Waals surface area contributed by atoms with Gasteiger partial charge in [-0.2, -0.15) is 5.10 Å². The van der Waals surface area contributed by atoms with E-state index in [0.29, 0.717) is 19.0 Å². The van der Waals surface area contributed by atoms with Crippen LogP contribution >= 0.6 is 0 Å². The van der Waals surface area contributed by atoms with Crippen molar-refractivity contribution in [2.75, 3.05) is 33.8 Å². The first-order valence-corrected chi connectivity index (χ1v) is 8.85. The maximum Gasteiger partial charge on any atom is 0.241 e. The summed E-state index contributed by atoms with van der Waals surface area (Å²) in [6, 6.07) is 0. The number of ether oxygens (including phenoxy) is 1.